The summed E-state index contributed by atoms with van der Waals surface area (Å²) in [5.74, 6) is 1.92. The van der Waals surface area contributed by atoms with Crippen LogP contribution < -0.4 is 0 Å². The molecule has 4 aromatic heterocycles. The first-order valence-corrected chi connectivity index (χ1v) is 19.8. The fourth-order valence-corrected chi connectivity index (χ4v) is 9.68. The first-order chi connectivity index (χ1) is 28.3. The van der Waals surface area contributed by atoms with Gasteiger partial charge in [0.15, 0.2) is 17.5 Å². The number of fused-ring (bicyclic) bond motifs is 10. The van der Waals surface area contributed by atoms with E-state index in [1.54, 1.807) is 11.3 Å². The summed E-state index contributed by atoms with van der Waals surface area (Å²) in [6.45, 7) is 0. The molecule has 6 heteroatoms. The Hall–Kier alpha value is -7.41. The summed E-state index contributed by atoms with van der Waals surface area (Å²) in [6, 6.07) is 63.7. The molecule has 0 N–H and O–H groups in total. The summed E-state index contributed by atoms with van der Waals surface area (Å²) in [4.78, 5) is 15.5. The number of para-hydroxylation sites is 3. The average molecular weight is 747 g/mol. The molecule has 5 nitrogen and oxygen atoms in total. The summed E-state index contributed by atoms with van der Waals surface area (Å²) in [6.07, 6.45) is 0. The molecule has 8 aromatic carbocycles. The van der Waals surface area contributed by atoms with Gasteiger partial charge in [0.2, 0.25) is 0 Å². The SMILES string of the molecule is c1ccc(-c2nc(-c3ccccc3)nc(-c3cc(-c4ccccc4-n4c5ccccc5c5c6oc7ccccc7c6ccc54)cc4c3sc3ccccc34)n2)cc1. The van der Waals surface area contributed by atoms with E-state index in [4.69, 9.17) is 19.4 Å². The lowest BCUT2D eigenvalue weighted by Gasteiger charge is -2.16. The van der Waals surface area contributed by atoms with Crippen LogP contribution in [0.15, 0.2) is 186 Å². The minimum absolute atomic E-state index is 0.640. The van der Waals surface area contributed by atoms with Crippen LogP contribution >= 0.6 is 11.3 Å². The van der Waals surface area contributed by atoms with Gasteiger partial charge >= 0.3 is 0 Å². The van der Waals surface area contributed by atoms with Crippen molar-refractivity contribution in [3.8, 4) is 51.0 Å². The lowest BCUT2D eigenvalue weighted by molar-refractivity contribution is 0.673. The summed E-state index contributed by atoms with van der Waals surface area (Å²) in [5.41, 5.74) is 10.1. The van der Waals surface area contributed by atoms with E-state index in [0.29, 0.717) is 17.5 Å². The van der Waals surface area contributed by atoms with Crippen LogP contribution in [0, 0.1) is 0 Å². The molecule has 0 saturated carbocycles. The maximum atomic E-state index is 6.63. The Balaban J connectivity index is 1.15. The van der Waals surface area contributed by atoms with E-state index in [-0.39, 0.29) is 0 Å². The molecule has 0 aliphatic heterocycles. The second-order valence-electron chi connectivity index (χ2n) is 14.3. The Morgan fingerprint density at radius 1 is 0.421 bits per heavy atom. The molecule has 0 unspecified atom stereocenters. The lowest BCUT2D eigenvalue weighted by Crippen LogP contribution is -2.01. The Labute approximate surface area is 330 Å². The largest absolute Gasteiger partial charge is 0.455 e. The average Bonchev–Trinajstić information content (AvgIpc) is 3.96. The second kappa shape index (κ2) is 12.6. The molecule has 0 fully saturated rings. The number of aromatic nitrogens is 4. The van der Waals surface area contributed by atoms with E-state index < -0.39 is 0 Å². The lowest BCUT2D eigenvalue weighted by atomic mass is 9.97. The molecule has 0 radical (unpaired) electrons. The van der Waals surface area contributed by atoms with Gasteiger partial charge in [0.25, 0.3) is 0 Å². The number of thiophene rings is 1. The molecular formula is C51H30N4OS. The number of hydrogen-bond donors (Lipinski definition) is 0. The van der Waals surface area contributed by atoms with Crippen molar-refractivity contribution < 1.29 is 4.42 Å². The standard InChI is InChI=1S/C51H30N4OS/c1-3-15-31(16-4-1)49-52-50(32-17-5-2-6-18-32)54-51(53-49)40-30-33(29-39-36-21-10-14-26-45(36)57-48(39)40)34-19-7-11-23-41(34)55-42-24-12-8-22-38(42)46-43(55)28-27-37-35-20-9-13-25-44(35)56-47(37)46/h1-30H. The van der Waals surface area contributed by atoms with Gasteiger partial charge in [-0.15, -0.1) is 11.3 Å². The quantitative estimate of drug-likeness (QED) is 0.176. The van der Waals surface area contributed by atoms with Gasteiger partial charge in [-0.25, -0.2) is 15.0 Å². The van der Waals surface area contributed by atoms with E-state index >= 15 is 0 Å². The maximum Gasteiger partial charge on any atom is 0.165 e. The Kier molecular flexibility index (Phi) is 7.03. The van der Waals surface area contributed by atoms with Gasteiger partial charge in [-0.3, -0.25) is 0 Å². The van der Waals surface area contributed by atoms with Crippen LogP contribution in [0.3, 0.4) is 0 Å². The number of rotatable bonds is 5. The van der Waals surface area contributed by atoms with E-state index in [9.17, 15) is 0 Å². The van der Waals surface area contributed by atoms with Crippen molar-refractivity contribution >= 4 is 75.3 Å². The predicted molar refractivity (Wildman–Crippen MR) is 236 cm³/mol. The zero-order valence-corrected chi connectivity index (χ0v) is 31.2. The van der Waals surface area contributed by atoms with Gasteiger partial charge in [0.1, 0.15) is 11.2 Å². The molecule has 0 saturated heterocycles. The summed E-state index contributed by atoms with van der Waals surface area (Å²) in [5, 5.41) is 6.89. The topological polar surface area (TPSA) is 56.7 Å². The van der Waals surface area contributed by atoms with Crippen LogP contribution in [-0.4, -0.2) is 19.5 Å². The third-order valence-corrected chi connectivity index (χ3v) is 12.3. The van der Waals surface area contributed by atoms with E-state index in [2.05, 4.69) is 144 Å². The summed E-state index contributed by atoms with van der Waals surface area (Å²) in [7, 11) is 0. The molecule has 4 heterocycles. The van der Waals surface area contributed by atoms with Crippen molar-refractivity contribution in [3.05, 3.63) is 182 Å². The zero-order valence-electron chi connectivity index (χ0n) is 30.4. The summed E-state index contributed by atoms with van der Waals surface area (Å²) >= 11 is 1.78. The highest BCUT2D eigenvalue weighted by Crippen LogP contribution is 2.45. The Morgan fingerprint density at radius 3 is 1.84 bits per heavy atom. The van der Waals surface area contributed by atoms with Gasteiger partial charge in [-0.05, 0) is 54.1 Å². The molecule has 12 rings (SSSR count). The molecule has 57 heavy (non-hydrogen) atoms. The number of benzene rings is 8. The molecule has 0 spiro atoms. The van der Waals surface area contributed by atoms with E-state index in [0.717, 1.165) is 81.9 Å². The van der Waals surface area contributed by atoms with Crippen molar-refractivity contribution in [1.82, 2.24) is 19.5 Å². The second-order valence-corrected chi connectivity index (χ2v) is 15.4. The minimum Gasteiger partial charge on any atom is -0.455 e. The normalized spacial score (nSPS) is 11.9. The number of hydrogen-bond acceptors (Lipinski definition) is 5. The van der Waals surface area contributed by atoms with Crippen LogP contribution in [0.25, 0.3) is 115 Å². The van der Waals surface area contributed by atoms with E-state index in [1.165, 1.54) is 15.5 Å². The van der Waals surface area contributed by atoms with Crippen LogP contribution in [0.2, 0.25) is 0 Å². The molecular weight excluding hydrogens is 717 g/mol. The summed E-state index contributed by atoms with van der Waals surface area (Å²) < 4.78 is 11.4. The fourth-order valence-electron chi connectivity index (χ4n) is 8.48. The zero-order chi connectivity index (χ0) is 37.5. The van der Waals surface area contributed by atoms with Crippen molar-refractivity contribution in [2.45, 2.75) is 0 Å². The number of nitrogens with zero attached hydrogens (tertiary/aromatic N) is 4. The Morgan fingerprint density at radius 2 is 1.05 bits per heavy atom. The first-order valence-electron chi connectivity index (χ1n) is 19.0. The number of furan rings is 1. The highest BCUT2D eigenvalue weighted by molar-refractivity contribution is 7.26. The third kappa shape index (κ3) is 4.98. The first kappa shape index (κ1) is 31.9. The highest BCUT2D eigenvalue weighted by Gasteiger charge is 2.23. The van der Waals surface area contributed by atoms with E-state index in [1.807, 2.05) is 42.5 Å². The fraction of sp³-hybridized carbons (Fsp3) is 0. The van der Waals surface area contributed by atoms with Gasteiger partial charge in [-0.2, -0.15) is 0 Å². The predicted octanol–water partition coefficient (Wildman–Crippen LogP) is 13.9. The molecule has 0 aliphatic rings. The van der Waals surface area contributed by atoms with Gasteiger partial charge in [0, 0.05) is 58.6 Å². The molecule has 0 amide bonds. The molecule has 0 aliphatic carbocycles. The molecule has 266 valence electrons. The van der Waals surface area contributed by atoms with Crippen molar-refractivity contribution in [2.24, 2.45) is 0 Å². The smallest absolute Gasteiger partial charge is 0.165 e. The molecule has 0 bridgehead atoms. The van der Waals surface area contributed by atoms with Gasteiger partial charge in [-0.1, -0.05) is 133 Å². The van der Waals surface area contributed by atoms with Crippen LogP contribution in [-0.2, 0) is 0 Å². The molecule has 12 aromatic rings. The van der Waals surface area contributed by atoms with Crippen molar-refractivity contribution in [2.75, 3.05) is 0 Å². The third-order valence-electron chi connectivity index (χ3n) is 11.1. The maximum absolute atomic E-state index is 6.63. The van der Waals surface area contributed by atoms with Gasteiger partial charge < -0.3 is 8.98 Å². The van der Waals surface area contributed by atoms with Crippen molar-refractivity contribution in [1.29, 1.82) is 0 Å². The monoisotopic (exact) mass is 746 g/mol. The Bertz CT molecular complexity index is 3470. The van der Waals surface area contributed by atoms with Crippen LogP contribution in [0.5, 0.6) is 0 Å². The van der Waals surface area contributed by atoms with Gasteiger partial charge in [0.05, 0.1) is 22.1 Å². The highest BCUT2D eigenvalue weighted by atomic mass is 32.1. The van der Waals surface area contributed by atoms with Crippen LogP contribution in [0.1, 0.15) is 0 Å². The minimum atomic E-state index is 0.640. The molecule has 0 atom stereocenters. The van der Waals surface area contributed by atoms with Crippen LogP contribution in [0.4, 0.5) is 0 Å². The van der Waals surface area contributed by atoms with Crippen molar-refractivity contribution in [3.63, 3.8) is 0 Å².